The zero-order valence-electron chi connectivity index (χ0n) is 14.7. The van der Waals surface area contributed by atoms with Gasteiger partial charge >= 0.3 is 0 Å². The number of nitrogens with zero attached hydrogens (tertiary/aromatic N) is 3. The maximum atomic E-state index is 12.3. The molecule has 26 heavy (non-hydrogen) atoms. The van der Waals surface area contributed by atoms with Gasteiger partial charge in [0.15, 0.2) is 11.5 Å². The van der Waals surface area contributed by atoms with Gasteiger partial charge in [-0.2, -0.15) is 0 Å². The van der Waals surface area contributed by atoms with Crippen molar-refractivity contribution in [2.75, 3.05) is 0 Å². The molecule has 0 bridgehead atoms. The number of carbonyl (C=O) groups is 1. The molecule has 1 saturated carbocycles. The minimum Gasteiger partial charge on any atom is -0.425 e. The van der Waals surface area contributed by atoms with E-state index < -0.39 is 0 Å². The van der Waals surface area contributed by atoms with Gasteiger partial charge in [0.2, 0.25) is 11.8 Å². The van der Waals surface area contributed by atoms with E-state index in [4.69, 9.17) is 8.94 Å². The van der Waals surface area contributed by atoms with Crippen molar-refractivity contribution >= 4 is 5.91 Å². The van der Waals surface area contributed by atoms with Crippen LogP contribution in [0.5, 0.6) is 0 Å². The Balaban J connectivity index is 1.33. The van der Waals surface area contributed by atoms with Crippen LogP contribution < -0.4 is 5.32 Å². The van der Waals surface area contributed by atoms with E-state index in [1.54, 1.807) is 6.07 Å². The average Bonchev–Trinajstić information content (AvgIpc) is 3.28. The van der Waals surface area contributed by atoms with E-state index in [0.717, 1.165) is 18.4 Å². The Morgan fingerprint density at radius 2 is 1.96 bits per heavy atom. The van der Waals surface area contributed by atoms with Crippen molar-refractivity contribution in [2.24, 2.45) is 0 Å². The second-order valence-electron chi connectivity index (χ2n) is 6.91. The normalized spacial score (nSPS) is 19.3. The summed E-state index contributed by atoms with van der Waals surface area (Å²) in [6.07, 6.45) is 1.57. The smallest absolute Gasteiger partial charge is 0.273 e. The van der Waals surface area contributed by atoms with E-state index in [1.165, 1.54) is 0 Å². The van der Waals surface area contributed by atoms with Crippen LogP contribution in [0.4, 0.5) is 0 Å². The molecule has 2 aromatic heterocycles. The molecular weight excluding hydrogens is 332 g/mol. The summed E-state index contributed by atoms with van der Waals surface area (Å²) in [4.78, 5) is 12.3. The van der Waals surface area contributed by atoms with Gasteiger partial charge in [0.05, 0.1) is 0 Å². The predicted octanol–water partition coefficient (Wildman–Crippen LogP) is 3.52. The summed E-state index contributed by atoms with van der Waals surface area (Å²) >= 11 is 0. The highest BCUT2D eigenvalue weighted by Gasteiger charge is 2.35. The number of carbonyl (C=O) groups excluding carboxylic acids is 1. The molecule has 0 saturated heterocycles. The molecule has 134 valence electrons. The molecule has 1 N–H and O–H groups in total. The molecule has 1 amide bonds. The molecule has 4 rings (SSSR count). The summed E-state index contributed by atoms with van der Waals surface area (Å²) in [6, 6.07) is 11.3. The van der Waals surface area contributed by atoms with E-state index in [1.807, 2.05) is 44.2 Å². The molecule has 0 unspecified atom stereocenters. The van der Waals surface area contributed by atoms with Crippen molar-refractivity contribution in [3.63, 3.8) is 0 Å². The number of hydrogen-bond donors (Lipinski definition) is 1. The monoisotopic (exact) mass is 352 g/mol. The highest BCUT2D eigenvalue weighted by molar-refractivity contribution is 5.93. The lowest BCUT2D eigenvalue weighted by Gasteiger charge is -2.33. The Morgan fingerprint density at radius 1 is 1.19 bits per heavy atom. The summed E-state index contributed by atoms with van der Waals surface area (Å²) in [5.74, 6) is 2.09. The summed E-state index contributed by atoms with van der Waals surface area (Å²) < 4.78 is 11.0. The molecule has 0 radical (unpaired) electrons. The van der Waals surface area contributed by atoms with Gasteiger partial charge in [-0.1, -0.05) is 49.3 Å². The fraction of sp³-hybridized carbons (Fsp3) is 0.368. The molecule has 1 fully saturated rings. The van der Waals surface area contributed by atoms with E-state index in [-0.39, 0.29) is 29.5 Å². The van der Waals surface area contributed by atoms with Crippen LogP contribution in [0.15, 0.2) is 45.3 Å². The SMILES string of the molecule is CC(C)c1nnc([C@H]2C[C@@H](NC(=O)c3cc(-c4ccccc4)on3)C2)o1. The van der Waals surface area contributed by atoms with Gasteiger partial charge < -0.3 is 14.3 Å². The highest BCUT2D eigenvalue weighted by atomic mass is 16.5. The second kappa shape index (κ2) is 6.74. The second-order valence-corrected chi connectivity index (χ2v) is 6.91. The topological polar surface area (TPSA) is 94.1 Å². The van der Waals surface area contributed by atoms with Crippen LogP contribution in [-0.2, 0) is 0 Å². The first kappa shape index (κ1) is 16.5. The Labute approximate surface area is 150 Å². The summed E-state index contributed by atoms with van der Waals surface area (Å²) in [5, 5.41) is 15.0. The molecule has 1 aliphatic carbocycles. The van der Waals surface area contributed by atoms with Crippen LogP contribution >= 0.6 is 0 Å². The molecule has 1 aromatic carbocycles. The van der Waals surface area contributed by atoms with Gasteiger partial charge in [0, 0.05) is 29.5 Å². The quantitative estimate of drug-likeness (QED) is 0.755. The molecule has 2 heterocycles. The van der Waals surface area contributed by atoms with E-state index in [9.17, 15) is 4.79 Å². The van der Waals surface area contributed by atoms with Crippen molar-refractivity contribution in [3.8, 4) is 11.3 Å². The predicted molar refractivity (Wildman–Crippen MR) is 93.6 cm³/mol. The maximum Gasteiger partial charge on any atom is 0.273 e. The maximum absolute atomic E-state index is 12.3. The number of hydrogen-bond acceptors (Lipinski definition) is 6. The lowest BCUT2D eigenvalue weighted by Crippen LogP contribution is -2.43. The summed E-state index contributed by atoms with van der Waals surface area (Å²) in [5.41, 5.74) is 1.17. The van der Waals surface area contributed by atoms with Gasteiger partial charge in [0.25, 0.3) is 5.91 Å². The van der Waals surface area contributed by atoms with Gasteiger partial charge in [-0.15, -0.1) is 10.2 Å². The van der Waals surface area contributed by atoms with Crippen molar-refractivity contribution in [1.82, 2.24) is 20.7 Å². The third-order valence-corrected chi connectivity index (χ3v) is 4.57. The third-order valence-electron chi connectivity index (χ3n) is 4.57. The molecule has 0 spiro atoms. The number of nitrogens with one attached hydrogen (secondary N) is 1. The van der Waals surface area contributed by atoms with Crippen molar-refractivity contribution in [2.45, 2.75) is 44.6 Å². The fourth-order valence-corrected chi connectivity index (χ4v) is 2.96. The molecule has 1 aliphatic rings. The van der Waals surface area contributed by atoms with E-state index in [0.29, 0.717) is 17.5 Å². The number of rotatable bonds is 5. The van der Waals surface area contributed by atoms with Crippen LogP contribution in [0.2, 0.25) is 0 Å². The van der Waals surface area contributed by atoms with Crippen LogP contribution in [-0.4, -0.2) is 27.3 Å². The molecule has 7 heteroatoms. The van der Waals surface area contributed by atoms with Gasteiger partial charge in [-0.3, -0.25) is 4.79 Å². The van der Waals surface area contributed by atoms with Crippen molar-refractivity contribution in [3.05, 3.63) is 53.9 Å². The Morgan fingerprint density at radius 3 is 2.65 bits per heavy atom. The zero-order chi connectivity index (χ0) is 18.1. The van der Waals surface area contributed by atoms with Crippen LogP contribution in [0.1, 0.15) is 60.8 Å². The van der Waals surface area contributed by atoms with E-state index in [2.05, 4.69) is 20.7 Å². The Hall–Kier alpha value is -2.96. The molecule has 0 aliphatic heterocycles. The van der Waals surface area contributed by atoms with Crippen molar-refractivity contribution < 1.29 is 13.7 Å². The standard InChI is InChI=1S/C19H20N4O3/c1-11(2)18-21-22-19(25-18)13-8-14(9-13)20-17(24)15-10-16(26-23-15)12-6-4-3-5-7-12/h3-7,10-11,13-14H,8-9H2,1-2H3,(H,20,24)/t13-,14+. The molecule has 0 atom stereocenters. The van der Waals surface area contributed by atoms with E-state index >= 15 is 0 Å². The molecular formula is C19H20N4O3. The molecule has 7 nitrogen and oxygen atoms in total. The van der Waals surface area contributed by atoms with Crippen LogP contribution in [0.3, 0.4) is 0 Å². The fourth-order valence-electron chi connectivity index (χ4n) is 2.96. The number of aromatic nitrogens is 3. The summed E-state index contributed by atoms with van der Waals surface area (Å²) in [6.45, 7) is 4.03. The highest BCUT2D eigenvalue weighted by Crippen LogP contribution is 2.36. The minimum absolute atomic E-state index is 0.0822. The Kier molecular flexibility index (Phi) is 4.28. The lowest BCUT2D eigenvalue weighted by molar-refractivity contribution is 0.0894. The first-order valence-corrected chi connectivity index (χ1v) is 8.76. The van der Waals surface area contributed by atoms with Crippen LogP contribution in [0, 0.1) is 0 Å². The first-order chi connectivity index (χ1) is 12.6. The van der Waals surface area contributed by atoms with Gasteiger partial charge in [-0.05, 0) is 12.8 Å². The third kappa shape index (κ3) is 3.24. The number of amides is 1. The number of benzene rings is 1. The lowest BCUT2D eigenvalue weighted by atomic mass is 9.80. The van der Waals surface area contributed by atoms with Crippen molar-refractivity contribution in [1.29, 1.82) is 0 Å². The first-order valence-electron chi connectivity index (χ1n) is 8.76. The minimum atomic E-state index is -0.229. The largest absolute Gasteiger partial charge is 0.425 e. The van der Waals surface area contributed by atoms with Gasteiger partial charge in [0.1, 0.15) is 0 Å². The summed E-state index contributed by atoms with van der Waals surface area (Å²) in [7, 11) is 0. The molecule has 3 aromatic rings. The Bertz CT molecular complexity index is 894. The van der Waals surface area contributed by atoms with Gasteiger partial charge in [-0.25, -0.2) is 0 Å². The van der Waals surface area contributed by atoms with Crippen LogP contribution in [0.25, 0.3) is 11.3 Å². The zero-order valence-corrected chi connectivity index (χ0v) is 14.7. The average molecular weight is 352 g/mol.